The number of methoxy groups -OCH3 is 1. The second kappa shape index (κ2) is 7.61. The van der Waals surface area contributed by atoms with Crippen LogP contribution in [0.4, 0.5) is 13.2 Å². The van der Waals surface area contributed by atoms with E-state index in [1.807, 2.05) is 6.92 Å². The van der Waals surface area contributed by atoms with Crippen LogP contribution in [-0.4, -0.2) is 27.9 Å². The van der Waals surface area contributed by atoms with Crippen LogP contribution < -0.4 is 4.74 Å². The van der Waals surface area contributed by atoms with Crippen LogP contribution in [0, 0.1) is 17.6 Å². The van der Waals surface area contributed by atoms with Crippen molar-refractivity contribution in [2.45, 2.75) is 19.8 Å². The molecule has 1 aromatic carbocycles. The molecule has 0 bridgehead atoms. The molecule has 140 valence electrons. The number of hydrogen-bond acceptors (Lipinski definition) is 4. The third kappa shape index (κ3) is 3.42. The Morgan fingerprint density at radius 2 is 1.96 bits per heavy atom. The van der Waals surface area contributed by atoms with Crippen molar-refractivity contribution in [3.05, 3.63) is 59.3 Å². The largest absolute Gasteiger partial charge is 0.479 e. The highest BCUT2D eigenvalue weighted by Crippen LogP contribution is 2.28. The number of hydrogen-bond donors (Lipinski definition) is 0. The van der Waals surface area contributed by atoms with Gasteiger partial charge in [-0.05, 0) is 18.1 Å². The maximum atomic E-state index is 14.7. The highest BCUT2D eigenvalue weighted by molar-refractivity contribution is 5.75. The van der Waals surface area contributed by atoms with Crippen LogP contribution in [0.25, 0.3) is 17.1 Å². The van der Waals surface area contributed by atoms with Crippen LogP contribution in [-0.2, 0) is 6.42 Å². The van der Waals surface area contributed by atoms with Gasteiger partial charge in [-0.2, -0.15) is 4.39 Å². The molecule has 8 heteroatoms. The maximum Gasteiger partial charge on any atom is 0.250 e. The Morgan fingerprint density at radius 3 is 2.56 bits per heavy atom. The first kappa shape index (κ1) is 18.6. The summed E-state index contributed by atoms with van der Waals surface area (Å²) >= 11 is 0. The Labute approximate surface area is 153 Å². The average Bonchev–Trinajstić information content (AvgIpc) is 3.00. The van der Waals surface area contributed by atoms with E-state index in [0.717, 1.165) is 17.1 Å². The highest BCUT2D eigenvalue weighted by atomic mass is 19.1. The van der Waals surface area contributed by atoms with Gasteiger partial charge < -0.3 is 4.74 Å². The number of aromatic nitrogens is 3. The number of benzene rings is 1. The van der Waals surface area contributed by atoms with E-state index < -0.39 is 23.3 Å². The molecule has 27 heavy (non-hydrogen) atoms. The maximum absolute atomic E-state index is 14.7. The molecule has 0 fully saturated rings. The molecular formula is C19H16F3N3O2. The van der Waals surface area contributed by atoms with Gasteiger partial charge in [0.25, 0.3) is 0 Å². The van der Waals surface area contributed by atoms with Gasteiger partial charge in [0.2, 0.25) is 11.8 Å². The van der Waals surface area contributed by atoms with Crippen molar-refractivity contribution in [3.8, 4) is 23.0 Å². The molecule has 2 aromatic heterocycles. The van der Waals surface area contributed by atoms with E-state index in [0.29, 0.717) is 12.0 Å². The molecular weight excluding hydrogens is 359 g/mol. The SMILES string of the molecule is CCCc1ccc(-c2nc(C=O)c(F)n2-c2cnc(OC)c(F)c2)cc1F. The van der Waals surface area contributed by atoms with Crippen molar-refractivity contribution < 1.29 is 22.7 Å². The second-order valence-electron chi connectivity index (χ2n) is 5.81. The van der Waals surface area contributed by atoms with Gasteiger partial charge in [-0.3, -0.25) is 9.36 Å². The number of rotatable bonds is 6. The highest BCUT2D eigenvalue weighted by Gasteiger charge is 2.21. The quantitative estimate of drug-likeness (QED) is 0.608. The van der Waals surface area contributed by atoms with Crippen LogP contribution in [0.5, 0.6) is 5.88 Å². The van der Waals surface area contributed by atoms with Crippen LogP contribution in [0.15, 0.2) is 30.5 Å². The Hall–Kier alpha value is -3.16. The monoisotopic (exact) mass is 375 g/mol. The molecule has 0 radical (unpaired) electrons. The molecule has 5 nitrogen and oxygen atoms in total. The summed E-state index contributed by atoms with van der Waals surface area (Å²) in [7, 11) is 1.25. The van der Waals surface area contributed by atoms with Gasteiger partial charge in [0, 0.05) is 11.6 Å². The van der Waals surface area contributed by atoms with Crippen molar-refractivity contribution in [1.82, 2.24) is 14.5 Å². The van der Waals surface area contributed by atoms with Crippen molar-refractivity contribution in [2.75, 3.05) is 7.11 Å². The molecule has 3 aromatic rings. The number of imidazole rings is 1. The summed E-state index contributed by atoms with van der Waals surface area (Å²) < 4.78 is 48.7. The molecule has 0 spiro atoms. The van der Waals surface area contributed by atoms with E-state index in [9.17, 15) is 18.0 Å². The third-order valence-corrected chi connectivity index (χ3v) is 4.03. The smallest absolute Gasteiger partial charge is 0.250 e. The summed E-state index contributed by atoms with van der Waals surface area (Å²) in [5, 5.41) is 0. The molecule has 0 amide bonds. The number of carbonyl (C=O) groups excluding carboxylic acids is 1. The van der Waals surface area contributed by atoms with Crippen LogP contribution in [0.1, 0.15) is 29.4 Å². The molecule has 0 aliphatic carbocycles. The van der Waals surface area contributed by atoms with Gasteiger partial charge in [0.15, 0.2) is 17.8 Å². The molecule has 2 heterocycles. The minimum absolute atomic E-state index is 0.0144. The first-order valence-electron chi connectivity index (χ1n) is 8.22. The summed E-state index contributed by atoms with van der Waals surface area (Å²) in [4.78, 5) is 18.8. The van der Waals surface area contributed by atoms with Crippen molar-refractivity contribution in [2.24, 2.45) is 0 Å². The molecule has 0 saturated carbocycles. The number of halogens is 3. The van der Waals surface area contributed by atoms with E-state index in [-0.39, 0.29) is 29.2 Å². The topological polar surface area (TPSA) is 57.0 Å². The lowest BCUT2D eigenvalue weighted by molar-refractivity contribution is 0.111. The Kier molecular flexibility index (Phi) is 5.25. The van der Waals surface area contributed by atoms with Crippen LogP contribution in [0.3, 0.4) is 0 Å². The standard InChI is InChI=1S/C19H16F3N3O2/c1-3-4-11-5-6-12(7-14(11)20)18-24-16(10-26)17(22)25(18)13-8-15(21)19(27-2)23-9-13/h5-10H,3-4H2,1-2H3. The van der Waals surface area contributed by atoms with E-state index in [1.54, 1.807) is 12.1 Å². The lowest BCUT2D eigenvalue weighted by atomic mass is 10.1. The number of aryl methyl sites for hydroxylation is 1. The van der Waals surface area contributed by atoms with Crippen LogP contribution in [0.2, 0.25) is 0 Å². The van der Waals surface area contributed by atoms with Gasteiger partial charge in [-0.15, -0.1) is 0 Å². The summed E-state index contributed by atoms with van der Waals surface area (Å²) in [6, 6.07) is 5.37. The minimum Gasteiger partial charge on any atom is -0.479 e. The van der Waals surface area contributed by atoms with Crippen molar-refractivity contribution in [3.63, 3.8) is 0 Å². The Bertz CT molecular complexity index is 1000. The zero-order valence-corrected chi connectivity index (χ0v) is 14.7. The van der Waals surface area contributed by atoms with Gasteiger partial charge in [0.05, 0.1) is 19.0 Å². The number of aldehydes is 1. The average molecular weight is 375 g/mol. The summed E-state index contributed by atoms with van der Waals surface area (Å²) in [6.07, 6.45) is 2.74. The zero-order chi connectivity index (χ0) is 19.6. The Balaban J connectivity index is 2.18. The molecule has 3 rings (SSSR count). The van der Waals surface area contributed by atoms with Gasteiger partial charge in [-0.1, -0.05) is 25.5 Å². The van der Waals surface area contributed by atoms with E-state index in [4.69, 9.17) is 4.74 Å². The molecule has 0 saturated heterocycles. The minimum atomic E-state index is -0.996. The zero-order valence-electron chi connectivity index (χ0n) is 14.7. The molecule has 0 atom stereocenters. The molecule has 0 aliphatic rings. The fraction of sp³-hybridized carbons (Fsp3) is 0.211. The second-order valence-corrected chi connectivity index (χ2v) is 5.81. The lowest BCUT2D eigenvalue weighted by Crippen LogP contribution is -2.04. The fourth-order valence-corrected chi connectivity index (χ4v) is 2.77. The first-order valence-corrected chi connectivity index (χ1v) is 8.22. The molecule has 0 aliphatic heterocycles. The Morgan fingerprint density at radius 1 is 1.19 bits per heavy atom. The first-order chi connectivity index (χ1) is 13.0. The normalized spacial score (nSPS) is 10.9. The summed E-state index contributed by atoms with van der Waals surface area (Å²) in [5.74, 6) is -2.57. The number of nitrogens with zero attached hydrogens (tertiary/aromatic N) is 3. The summed E-state index contributed by atoms with van der Waals surface area (Å²) in [6.45, 7) is 1.93. The van der Waals surface area contributed by atoms with Gasteiger partial charge in [-0.25, -0.2) is 18.7 Å². The van der Waals surface area contributed by atoms with Crippen LogP contribution >= 0.6 is 0 Å². The van der Waals surface area contributed by atoms with E-state index in [1.165, 1.54) is 19.4 Å². The van der Waals surface area contributed by atoms with Crippen molar-refractivity contribution in [1.29, 1.82) is 0 Å². The van der Waals surface area contributed by atoms with E-state index in [2.05, 4.69) is 9.97 Å². The van der Waals surface area contributed by atoms with Gasteiger partial charge >= 0.3 is 0 Å². The molecule has 0 unspecified atom stereocenters. The number of carbonyl (C=O) groups is 1. The van der Waals surface area contributed by atoms with E-state index >= 15 is 0 Å². The fourth-order valence-electron chi connectivity index (χ4n) is 2.77. The number of pyridine rings is 1. The summed E-state index contributed by atoms with van der Waals surface area (Å²) in [5.41, 5.74) is 0.280. The van der Waals surface area contributed by atoms with Gasteiger partial charge in [0.1, 0.15) is 11.6 Å². The predicted octanol–water partition coefficient (Wildman–Crippen LogP) is 4.13. The number of ether oxygens (including phenoxy) is 1. The predicted molar refractivity (Wildman–Crippen MR) is 92.6 cm³/mol. The molecule has 0 N–H and O–H groups in total. The van der Waals surface area contributed by atoms with Crippen molar-refractivity contribution >= 4 is 6.29 Å². The third-order valence-electron chi connectivity index (χ3n) is 4.03. The lowest BCUT2D eigenvalue weighted by Gasteiger charge is -2.10.